The number of halogens is 2. The first-order valence-corrected chi connectivity index (χ1v) is 2.99. The second-order valence-electron chi connectivity index (χ2n) is 1.83. The van der Waals surface area contributed by atoms with Gasteiger partial charge in [-0.1, -0.05) is 0 Å². The fraction of sp³-hybridized carbons (Fsp3) is 0. The normalized spacial score (nSPS) is 9.90. The van der Waals surface area contributed by atoms with Crippen LogP contribution < -0.4 is 5.73 Å². The topological polar surface area (TPSA) is 26.0 Å². The molecule has 10 heavy (non-hydrogen) atoms. The fourth-order valence-corrected chi connectivity index (χ4v) is 0.714. The molecule has 4 heteroatoms. The zero-order valence-electron chi connectivity index (χ0n) is 4.94. The average Bonchev–Trinajstić information content (AvgIpc) is 1.82. The van der Waals surface area contributed by atoms with Crippen LogP contribution >= 0.6 is 12.6 Å². The summed E-state index contributed by atoms with van der Waals surface area (Å²) in [6.45, 7) is 0. The van der Waals surface area contributed by atoms with E-state index < -0.39 is 11.6 Å². The molecule has 0 saturated heterocycles. The molecule has 0 aliphatic carbocycles. The van der Waals surface area contributed by atoms with Crippen molar-refractivity contribution in [2.24, 2.45) is 0 Å². The summed E-state index contributed by atoms with van der Waals surface area (Å²) >= 11 is 3.55. The third kappa shape index (κ3) is 1.21. The third-order valence-corrected chi connectivity index (χ3v) is 1.47. The largest absolute Gasteiger partial charge is 0.399 e. The van der Waals surface area contributed by atoms with Gasteiger partial charge in [-0.05, 0) is 12.1 Å². The Hall–Kier alpha value is -0.770. The van der Waals surface area contributed by atoms with E-state index in [4.69, 9.17) is 5.73 Å². The lowest BCUT2D eigenvalue weighted by atomic mass is 10.3. The highest BCUT2D eigenvalue weighted by atomic mass is 32.1. The Morgan fingerprint density at radius 2 is 1.60 bits per heavy atom. The van der Waals surface area contributed by atoms with E-state index in [-0.39, 0.29) is 10.6 Å². The van der Waals surface area contributed by atoms with E-state index in [0.717, 1.165) is 12.1 Å². The van der Waals surface area contributed by atoms with E-state index in [1.54, 1.807) is 0 Å². The van der Waals surface area contributed by atoms with Crippen molar-refractivity contribution in [3.8, 4) is 0 Å². The molecule has 1 aromatic rings. The van der Waals surface area contributed by atoms with Crippen molar-refractivity contribution in [1.82, 2.24) is 0 Å². The van der Waals surface area contributed by atoms with Crippen LogP contribution in [-0.2, 0) is 0 Å². The van der Waals surface area contributed by atoms with Crippen LogP contribution in [0.2, 0.25) is 0 Å². The monoisotopic (exact) mass is 161 g/mol. The average molecular weight is 161 g/mol. The van der Waals surface area contributed by atoms with Gasteiger partial charge in [-0.2, -0.15) is 0 Å². The van der Waals surface area contributed by atoms with E-state index in [1.807, 2.05) is 0 Å². The highest BCUT2D eigenvalue weighted by molar-refractivity contribution is 7.80. The van der Waals surface area contributed by atoms with Gasteiger partial charge >= 0.3 is 0 Å². The van der Waals surface area contributed by atoms with Crippen molar-refractivity contribution in [2.75, 3.05) is 5.73 Å². The lowest BCUT2D eigenvalue weighted by Crippen LogP contribution is -1.90. The summed E-state index contributed by atoms with van der Waals surface area (Å²) in [5.41, 5.74) is 5.18. The van der Waals surface area contributed by atoms with Gasteiger partial charge in [-0.15, -0.1) is 12.6 Å². The van der Waals surface area contributed by atoms with E-state index in [0.29, 0.717) is 0 Å². The van der Waals surface area contributed by atoms with Crippen LogP contribution in [0.5, 0.6) is 0 Å². The Kier molecular flexibility index (Phi) is 1.80. The Balaban J connectivity index is 3.31. The highest BCUT2D eigenvalue weighted by Crippen LogP contribution is 2.19. The quantitative estimate of drug-likeness (QED) is 0.440. The second kappa shape index (κ2) is 2.46. The van der Waals surface area contributed by atoms with Gasteiger partial charge in [-0.25, -0.2) is 8.78 Å². The minimum absolute atomic E-state index is 0.0628. The molecule has 0 atom stereocenters. The smallest absolute Gasteiger partial charge is 0.141 e. The molecular formula is C6H5F2NS. The molecule has 0 saturated carbocycles. The van der Waals surface area contributed by atoms with Crippen LogP contribution in [0.1, 0.15) is 0 Å². The molecule has 0 aliphatic heterocycles. The van der Waals surface area contributed by atoms with Crippen LogP contribution in [0, 0.1) is 11.6 Å². The Labute approximate surface area is 62.3 Å². The maximum Gasteiger partial charge on any atom is 0.141 e. The number of nitrogens with two attached hydrogens (primary N) is 1. The van der Waals surface area contributed by atoms with Gasteiger partial charge < -0.3 is 5.73 Å². The minimum atomic E-state index is -0.735. The SMILES string of the molecule is Nc1cc(F)c(S)c(F)c1. The summed E-state index contributed by atoms with van der Waals surface area (Å²) < 4.78 is 24.9. The molecule has 0 aliphatic rings. The molecule has 2 N–H and O–H groups in total. The fourth-order valence-electron chi connectivity index (χ4n) is 0.585. The van der Waals surface area contributed by atoms with Crippen LogP contribution in [0.15, 0.2) is 17.0 Å². The first-order valence-electron chi connectivity index (χ1n) is 2.54. The van der Waals surface area contributed by atoms with Crippen molar-refractivity contribution < 1.29 is 8.78 Å². The van der Waals surface area contributed by atoms with Gasteiger partial charge in [0.15, 0.2) is 0 Å². The Morgan fingerprint density at radius 1 is 1.20 bits per heavy atom. The van der Waals surface area contributed by atoms with Crippen molar-refractivity contribution in [3.05, 3.63) is 23.8 Å². The summed E-state index contributed by atoms with van der Waals surface area (Å²) in [6.07, 6.45) is 0. The van der Waals surface area contributed by atoms with Gasteiger partial charge in [0.2, 0.25) is 0 Å². The van der Waals surface area contributed by atoms with Gasteiger partial charge in [0, 0.05) is 5.69 Å². The Bertz CT molecular complexity index is 239. The van der Waals surface area contributed by atoms with Crippen LogP contribution in [0.3, 0.4) is 0 Å². The number of nitrogen functional groups attached to an aromatic ring is 1. The molecular weight excluding hydrogens is 156 g/mol. The molecule has 0 amide bonds. The van der Waals surface area contributed by atoms with Gasteiger partial charge in [0.25, 0.3) is 0 Å². The lowest BCUT2D eigenvalue weighted by molar-refractivity contribution is 0.543. The Morgan fingerprint density at radius 3 is 2.00 bits per heavy atom. The molecule has 0 bridgehead atoms. The molecule has 0 aromatic heterocycles. The molecule has 0 heterocycles. The molecule has 54 valence electrons. The molecule has 0 unspecified atom stereocenters. The standard InChI is InChI=1S/C6H5F2NS/c7-4-1-3(9)2-5(8)6(4)10/h1-2,10H,9H2. The third-order valence-electron chi connectivity index (χ3n) is 1.04. The molecule has 0 spiro atoms. The summed E-state index contributed by atoms with van der Waals surface area (Å²) in [5, 5.41) is 0. The number of benzene rings is 1. The number of hydrogen-bond donors (Lipinski definition) is 2. The van der Waals surface area contributed by atoms with Crippen molar-refractivity contribution in [1.29, 1.82) is 0 Å². The molecule has 1 rings (SSSR count). The van der Waals surface area contributed by atoms with Crippen molar-refractivity contribution in [3.63, 3.8) is 0 Å². The predicted octanol–water partition coefficient (Wildman–Crippen LogP) is 1.84. The van der Waals surface area contributed by atoms with E-state index in [9.17, 15) is 8.78 Å². The van der Waals surface area contributed by atoms with E-state index in [1.165, 1.54) is 0 Å². The minimum Gasteiger partial charge on any atom is -0.399 e. The van der Waals surface area contributed by atoms with Crippen molar-refractivity contribution >= 4 is 18.3 Å². The van der Waals surface area contributed by atoms with E-state index >= 15 is 0 Å². The maximum absolute atomic E-state index is 12.4. The molecule has 0 fully saturated rings. The van der Waals surface area contributed by atoms with Gasteiger partial charge in [0.1, 0.15) is 11.6 Å². The lowest BCUT2D eigenvalue weighted by Gasteiger charge is -1.97. The summed E-state index contributed by atoms with van der Waals surface area (Å²) in [6, 6.07) is 2.04. The number of thiol groups is 1. The van der Waals surface area contributed by atoms with Crippen LogP contribution in [-0.4, -0.2) is 0 Å². The number of rotatable bonds is 0. The van der Waals surface area contributed by atoms with E-state index in [2.05, 4.69) is 12.6 Å². The van der Waals surface area contributed by atoms with Crippen LogP contribution in [0.4, 0.5) is 14.5 Å². The summed E-state index contributed by atoms with van der Waals surface area (Å²) in [7, 11) is 0. The maximum atomic E-state index is 12.4. The molecule has 1 aromatic carbocycles. The summed E-state index contributed by atoms with van der Waals surface area (Å²) in [5.74, 6) is -1.47. The first kappa shape index (κ1) is 7.34. The zero-order chi connectivity index (χ0) is 7.72. The van der Waals surface area contributed by atoms with Crippen LogP contribution in [0.25, 0.3) is 0 Å². The highest BCUT2D eigenvalue weighted by Gasteiger charge is 2.04. The number of hydrogen-bond acceptors (Lipinski definition) is 2. The second-order valence-corrected chi connectivity index (χ2v) is 2.28. The van der Waals surface area contributed by atoms with Gasteiger partial charge in [0.05, 0.1) is 4.90 Å². The summed E-state index contributed by atoms with van der Waals surface area (Å²) in [4.78, 5) is -0.297. The first-order chi connectivity index (χ1) is 4.61. The van der Waals surface area contributed by atoms with Gasteiger partial charge in [-0.3, -0.25) is 0 Å². The van der Waals surface area contributed by atoms with Crippen molar-refractivity contribution in [2.45, 2.75) is 4.90 Å². The molecule has 0 radical (unpaired) electrons. The zero-order valence-corrected chi connectivity index (χ0v) is 5.83. The number of anilines is 1. The predicted molar refractivity (Wildman–Crippen MR) is 38.0 cm³/mol. The molecule has 1 nitrogen and oxygen atoms in total.